The first-order valence-electron chi connectivity index (χ1n) is 6.81. The van der Waals surface area contributed by atoms with E-state index in [4.69, 9.17) is 5.73 Å². The maximum absolute atomic E-state index is 12.0. The Morgan fingerprint density at radius 2 is 2.00 bits per heavy atom. The van der Waals surface area contributed by atoms with E-state index in [9.17, 15) is 8.42 Å². The Morgan fingerprint density at radius 3 is 2.53 bits per heavy atom. The van der Waals surface area contributed by atoms with Crippen LogP contribution in [0.1, 0.15) is 52.1 Å². The van der Waals surface area contributed by atoms with Gasteiger partial charge < -0.3 is 10.3 Å². The molecule has 1 rings (SSSR count). The van der Waals surface area contributed by atoms with Crippen LogP contribution in [-0.2, 0) is 16.4 Å². The molecule has 0 aliphatic carbocycles. The molecule has 19 heavy (non-hydrogen) atoms. The first-order chi connectivity index (χ1) is 8.67. The van der Waals surface area contributed by atoms with Crippen molar-refractivity contribution in [3.05, 3.63) is 24.0 Å². The van der Waals surface area contributed by atoms with Crippen LogP contribution in [0.5, 0.6) is 0 Å². The zero-order chi connectivity index (χ0) is 14.7. The van der Waals surface area contributed by atoms with Crippen molar-refractivity contribution in [3.63, 3.8) is 0 Å². The lowest BCUT2D eigenvalue weighted by molar-refractivity contribution is 0.553. The average molecular weight is 286 g/mol. The van der Waals surface area contributed by atoms with Gasteiger partial charge >= 0.3 is 0 Å². The second kappa shape index (κ2) is 6.09. The van der Waals surface area contributed by atoms with E-state index in [0.717, 1.165) is 18.4 Å². The maximum atomic E-state index is 12.0. The maximum Gasteiger partial charge on any atom is 0.156 e. The number of nitrogens with zero attached hydrogens (tertiary/aromatic N) is 1. The van der Waals surface area contributed by atoms with E-state index in [1.165, 1.54) is 0 Å². The molecule has 110 valence electrons. The van der Waals surface area contributed by atoms with Gasteiger partial charge in [-0.15, -0.1) is 0 Å². The molecule has 0 spiro atoms. The van der Waals surface area contributed by atoms with Gasteiger partial charge in [0.1, 0.15) is 0 Å². The van der Waals surface area contributed by atoms with Gasteiger partial charge in [0.15, 0.2) is 9.84 Å². The molecule has 4 nitrogen and oxygen atoms in total. The first kappa shape index (κ1) is 16.2. The minimum Gasteiger partial charge on any atom is -0.353 e. The van der Waals surface area contributed by atoms with E-state index in [1.807, 2.05) is 23.0 Å². The molecule has 0 fully saturated rings. The third kappa shape index (κ3) is 4.35. The molecular formula is C14H26N2O2S. The Hall–Kier alpha value is -0.810. The van der Waals surface area contributed by atoms with Crippen LogP contribution in [0.3, 0.4) is 0 Å². The van der Waals surface area contributed by atoms with Gasteiger partial charge in [-0.25, -0.2) is 8.42 Å². The smallest absolute Gasteiger partial charge is 0.156 e. The Labute approximate surface area is 116 Å². The van der Waals surface area contributed by atoms with Crippen molar-refractivity contribution in [1.82, 2.24) is 4.57 Å². The van der Waals surface area contributed by atoms with Crippen LogP contribution >= 0.6 is 0 Å². The fourth-order valence-corrected chi connectivity index (χ4v) is 2.89. The predicted molar refractivity (Wildman–Crippen MR) is 79.8 cm³/mol. The zero-order valence-electron chi connectivity index (χ0n) is 12.4. The van der Waals surface area contributed by atoms with E-state index >= 15 is 0 Å². The molecule has 0 amide bonds. The molecule has 0 saturated carbocycles. The Kier molecular flexibility index (Phi) is 5.21. The van der Waals surface area contributed by atoms with Gasteiger partial charge in [-0.05, 0) is 38.8 Å². The highest BCUT2D eigenvalue weighted by Crippen LogP contribution is 2.18. The van der Waals surface area contributed by atoms with Crippen LogP contribution in [0, 0.1) is 0 Å². The zero-order valence-corrected chi connectivity index (χ0v) is 13.2. The molecule has 5 heteroatoms. The summed E-state index contributed by atoms with van der Waals surface area (Å²) in [4.78, 5) is 0. The Bertz CT molecular complexity index is 498. The van der Waals surface area contributed by atoms with Crippen molar-refractivity contribution in [2.75, 3.05) is 5.75 Å². The van der Waals surface area contributed by atoms with Crippen LogP contribution in [0.25, 0.3) is 0 Å². The number of aromatic nitrogens is 1. The molecule has 1 atom stereocenters. The topological polar surface area (TPSA) is 65.1 Å². The highest BCUT2D eigenvalue weighted by molar-refractivity contribution is 7.92. The molecule has 1 unspecified atom stereocenters. The summed E-state index contributed by atoms with van der Waals surface area (Å²) in [7, 11) is -3.07. The normalized spacial score (nSPS) is 14.6. The lowest BCUT2D eigenvalue weighted by atomic mass is 10.1. The number of aryl methyl sites for hydroxylation is 1. The first-order valence-corrected chi connectivity index (χ1v) is 8.46. The fraction of sp³-hybridized carbons (Fsp3) is 0.714. The van der Waals surface area contributed by atoms with E-state index in [2.05, 4.69) is 6.92 Å². The summed E-state index contributed by atoms with van der Waals surface area (Å²) in [6, 6.07) is 2.02. The summed E-state index contributed by atoms with van der Waals surface area (Å²) in [5, 5.41) is 0. The number of sulfone groups is 1. The summed E-state index contributed by atoms with van der Waals surface area (Å²) in [6.07, 6.45) is 5.86. The Morgan fingerprint density at radius 1 is 1.37 bits per heavy atom. The quantitative estimate of drug-likeness (QED) is 0.874. The minimum atomic E-state index is -3.07. The molecule has 0 aliphatic rings. The van der Waals surface area contributed by atoms with E-state index < -0.39 is 14.6 Å². The van der Waals surface area contributed by atoms with Crippen molar-refractivity contribution < 1.29 is 8.42 Å². The summed E-state index contributed by atoms with van der Waals surface area (Å²) in [5.74, 6) is 0.160. The van der Waals surface area contributed by atoms with Gasteiger partial charge in [0.05, 0.1) is 10.5 Å². The molecule has 0 saturated heterocycles. The van der Waals surface area contributed by atoms with Gasteiger partial charge in [-0.3, -0.25) is 0 Å². The second-order valence-corrected chi connectivity index (χ2v) is 8.87. The second-order valence-electron chi connectivity index (χ2n) is 6.01. The van der Waals surface area contributed by atoms with Gasteiger partial charge in [0.2, 0.25) is 0 Å². The van der Waals surface area contributed by atoms with Crippen LogP contribution in [-0.4, -0.2) is 23.5 Å². The lowest BCUT2D eigenvalue weighted by Gasteiger charge is -2.19. The fourth-order valence-electron chi connectivity index (χ4n) is 1.83. The number of rotatable bonds is 6. The molecule has 1 heterocycles. The van der Waals surface area contributed by atoms with Crippen LogP contribution in [0.2, 0.25) is 0 Å². The van der Waals surface area contributed by atoms with E-state index in [1.54, 1.807) is 20.8 Å². The lowest BCUT2D eigenvalue weighted by Crippen LogP contribution is -2.31. The van der Waals surface area contributed by atoms with Crippen molar-refractivity contribution in [3.8, 4) is 0 Å². The number of hydrogen-bond donors (Lipinski definition) is 1. The minimum absolute atomic E-state index is 0.0467. The van der Waals surface area contributed by atoms with Crippen molar-refractivity contribution in [1.29, 1.82) is 0 Å². The average Bonchev–Trinajstić information content (AvgIpc) is 2.74. The van der Waals surface area contributed by atoms with Crippen LogP contribution < -0.4 is 5.73 Å². The molecule has 0 aromatic carbocycles. The monoisotopic (exact) mass is 286 g/mol. The predicted octanol–water partition coefficient (Wildman–Crippen LogP) is 2.50. The molecule has 2 N–H and O–H groups in total. The number of nitrogens with two attached hydrogens (primary N) is 1. The van der Waals surface area contributed by atoms with Gasteiger partial charge in [-0.1, -0.05) is 13.3 Å². The standard InChI is InChI=1S/C14H26N2O2S/c1-5-6-13(15)12-7-8-16(11-12)9-10-19(17,18)14(2,3)4/h7-8,11,13H,5-6,9-10,15H2,1-4H3. The van der Waals surface area contributed by atoms with E-state index in [-0.39, 0.29) is 11.8 Å². The third-order valence-electron chi connectivity index (χ3n) is 3.35. The molecular weight excluding hydrogens is 260 g/mol. The summed E-state index contributed by atoms with van der Waals surface area (Å²) in [5.41, 5.74) is 7.12. The molecule has 0 bridgehead atoms. The summed E-state index contributed by atoms with van der Waals surface area (Å²) >= 11 is 0. The summed E-state index contributed by atoms with van der Waals surface area (Å²) in [6.45, 7) is 7.80. The van der Waals surface area contributed by atoms with Crippen molar-refractivity contribution in [2.24, 2.45) is 5.73 Å². The number of hydrogen-bond acceptors (Lipinski definition) is 3. The van der Waals surface area contributed by atoms with Gasteiger partial charge in [-0.2, -0.15) is 0 Å². The van der Waals surface area contributed by atoms with Crippen LogP contribution in [0.4, 0.5) is 0 Å². The van der Waals surface area contributed by atoms with Gasteiger partial charge in [0, 0.05) is 25.0 Å². The van der Waals surface area contributed by atoms with Crippen molar-refractivity contribution in [2.45, 2.75) is 57.9 Å². The molecule has 0 aliphatic heterocycles. The molecule has 1 aromatic rings. The highest BCUT2D eigenvalue weighted by Gasteiger charge is 2.28. The van der Waals surface area contributed by atoms with Crippen LogP contribution in [0.15, 0.2) is 18.5 Å². The van der Waals surface area contributed by atoms with Gasteiger partial charge in [0.25, 0.3) is 0 Å². The Balaban J connectivity index is 2.65. The molecule has 0 radical (unpaired) electrons. The third-order valence-corrected chi connectivity index (χ3v) is 5.94. The highest BCUT2D eigenvalue weighted by atomic mass is 32.2. The van der Waals surface area contributed by atoms with Crippen molar-refractivity contribution >= 4 is 9.84 Å². The van der Waals surface area contributed by atoms with E-state index in [0.29, 0.717) is 6.54 Å². The SMILES string of the molecule is CCCC(N)c1ccn(CCS(=O)(=O)C(C)(C)C)c1. The largest absolute Gasteiger partial charge is 0.353 e. The molecule has 1 aromatic heterocycles. The summed E-state index contributed by atoms with van der Waals surface area (Å²) < 4.78 is 25.3.